The number of hydrogen-bond donors (Lipinski definition) is 2. The molecule has 0 radical (unpaired) electrons. The molecule has 0 saturated heterocycles. The van der Waals surface area contributed by atoms with E-state index >= 15 is 0 Å². The Hall–Kier alpha value is 0.135. The van der Waals surface area contributed by atoms with Crippen LogP contribution in [0.2, 0.25) is 0 Å². The van der Waals surface area contributed by atoms with Crippen LogP contribution in [0.25, 0.3) is 0 Å². The maximum atomic E-state index is 10.2. The molecule has 0 saturated carbocycles. The van der Waals surface area contributed by atoms with E-state index in [-0.39, 0.29) is 49.5 Å². The zero-order valence-corrected chi connectivity index (χ0v) is 5.80. The molecule has 6 heteroatoms. The number of primary amides is 2. The molecule has 12 heavy (non-hydrogen) atoms. The van der Waals surface area contributed by atoms with Gasteiger partial charge in [0.05, 0.1) is 0 Å². The molecule has 0 heterocycles. The predicted molar refractivity (Wildman–Crippen MR) is 51.2 cm³/mol. The van der Waals surface area contributed by atoms with Crippen LogP contribution in [0.4, 0.5) is 0 Å². The topological polar surface area (TPSA) is 86.2 Å². The molecule has 0 aliphatic rings. The van der Waals surface area contributed by atoms with E-state index in [0.29, 0.717) is 25.7 Å². The molecule has 0 bridgehead atoms. The third-order valence-electron chi connectivity index (χ3n) is 1.10. The Morgan fingerprint density at radius 2 is 1.08 bits per heavy atom. The first-order chi connectivity index (χ1) is 4.63. The van der Waals surface area contributed by atoms with Crippen molar-refractivity contribution in [1.82, 2.24) is 0 Å². The van der Waals surface area contributed by atoms with Gasteiger partial charge in [0.2, 0.25) is 11.8 Å². The standard InChI is InChI=1S/C6H12N2O2.2Li.2H/c7-5(9)3-1-2-4-6(8)10;;;;/h1-4H2,(H2,7,9)(H2,8,10);;;;. The van der Waals surface area contributed by atoms with Crippen molar-refractivity contribution in [2.45, 2.75) is 25.7 Å². The van der Waals surface area contributed by atoms with Crippen molar-refractivity contribution < 1.29 is 9.59 Å². The summed E-state index contributed by atoms with van der Waals surface area (Å²) in [7, 11) is 0. The summed E-state index contributed by atoms with van der Waals surface area (Å²) in [6.07, 6.45) is 1.98. The van der Waals surface area contributed by atoms with Gasteiger partial charge in [-0.25, -0.2) is 0 Å². The van der Waals surface area contributed by atoms with Gasteiger partial charge >= 0.3 is 37.7 Å². The molecule has 0 rings (SSSR count). The first-order valence-electron chi connectivity index (χ1n) is 3.19. The van der Waals surface area contributed by atoms with Crippen LogP contribution >= 0.6 is 0 Å². The van der Waals surface area contributed by atoms with Gasteiger partial charge in [0.1, 0.15) is 0 Å². The Morgan fingerprint density at radius 1 is 0.833 bits per heavy atom. The average molecular weight is 160 g/mol. The summed E-state index contributed by atoms with van der Waals surface area (Å²) < 4.78 is 0. The van der Waals surface area contributed by atoms with Crippen LogP contribution in [0.3, 0.4) is 0 Å². The molecule has 0 aromatic rings. The Morgan fingerprint density at radius 3 is 1.25 bits per heavy atom. The van der Waals surface area contributed by atoms with Crippen LogP contribution in [-0.4, -0.2) is 49.5 Å². The number of hydrogen-bond acceptors (Lipinski definition) is 2. The minimum atomic E-state index is -0.329. The molecular weight excluding hydrogens is 146 g/mol. The summed E-state index contributed by atoms with van der Waals surface area (Å²) in [6, 6.07) is 0. The number of carbonyl (C=O) groups excluding carboxylic acids is 2. The molecule has 62 valence electrons. The van der Waals surface area contributed by atoms with Gasteiger partial charge in [-0.1, -0.05) is 0 Å². The van der Waals surface area contributed by atoms with Crippen LogP contribution < -0.4 is 11.5 Å². The summed E-state index contributed by atoms with van der Waals surface area (Å²) in [6.45, 7) is 0. The normalized spacial score (nSPS) is 7.67. The molecule has 0 atom stereocenters. The van der Waals surface area contributed by atoms with E-state index in [1.165, 1.54) is 0 Å². The van der Waals surface area contributed by atoms with E-state index in [1.54, 1.807) is 0 Å². The van der Waals surface area contributed by atoms with Crippen LogP contribution in [0, 0.1) is 0 Å². The van der Waals surface area contributed by atoms with Crippen LogP contribution in [0.1, 0.15) is 25.7 Å². The number of unbranched alkanes of at least 4 members (excludes halogenated alkanes) is 1. The van der Waals surface area contributed by atoms with Gasteiger partial charge in [0, 0.05) is 12.8 Å². The van der Waals surface area contributed by atoms with Crippen LogP contribution in [-0.2, 0) is 9.59 Å². The SMILES string of the molecule is NC(=O)CCCCC(N)=O.[LiH].[LiH]. The first kappa shape index (κ1) is 18.0. The number of carbonyl (C=O) groups is 2. The second-order valence-electron chi connectivity index (χ2n) is 2.14. The molecule has 0 aromatic carbocycles. The van der Waals surface area contributed by atoms with E-state index in [4.69, 9.17) is 11.5 Å². The third-order valence-corrected chi connectivity index (χ3v) is 1.10. The van der Waals surface area contributed by atoms with E-state index in [2.05, 4.69) is 0 Å². The van der Waals surface area contributed by atoms with Crippen molar-refractivity contribution in [2.24, 2.45) is 11.5 Å². The third kappa shape index (κ3) is 16.6. The fourth-order valence-electron chi connectivity index (χ4n) is 0.598. The van der Waals surface area contributed by atoms with E-state index < -0.39 is 0 Å². The van der Waals surface area contributed by atoms with E-state index in [1.807, 2.05) is 0 Å². The van der Waals surface area contributed by atoms with Gasteiger partial charge < -0.3 is 11.5 Å². The maximum absolute atomic E-state index is 10.2. The predicted octanol–water partition coefficient (Wildman–Crippen LogP) is -1.78. The molecule has 0 unspecified atom stereocenters. The van der Waals surface area contributed by atoms with Crippen molar-refractivity contribution in [3.8, 4) is 0 Å². The summed E-state index contributed by atoms with van der Waals surface area (Å²) >= 11 is 0. The second kappa shape index (κ2) is 11.1. The molecule has 2 amide bonds. The van der Waals surface area contributed by atoms with Crippen molar-refractivity contribution in [3.63, 3.8) is 0 Å². The summed E-state index contributed by atoms with van der Waals surface area (Å²) in [5, 5.41) is 0. The summed E-state index contributed by atoms with van der Waals surface area (Å²) in [5.41, 5.74) is 9.71. The zero-order chi connectivity index (χ0) is 7.98. The van der Waals surface area contributed by atoms with Crippen LogP contribution in [0.15, 0.2) is 0 Å². The number of amides is 2. The Balaban J connectivity index is -0.000000405. The van der Waals surface area contributed by atoms with Crippen molar-refractivity contribution in [3.05, 3.63) is 0 Å². The molecule has 0 aromatic heterocycles. The van der Waals surface area contributed by atoms with Gasteiger partial charge in [-0.2, -0.15) is 0 Å². The Kier molecular flexibility index (Phi) is 16.7. The molecule has 0 aliphatic carbocycles. The van der Waals surface area contributed by atoms with Gasteiger partial charge in [-0.05, 0) is 12.8 Å². The van der Waals surface area contributed by atoms with Gasteiger partial charge in [0.15, 0.2) is 0 Å². The molecular formula is C6H14Li2N2O2. The van der Waals surface area contributed by atoms with Crippen LogP contribution in [0.5, 0.6) is 0 Å². The fourth-order valence-corrected chi connectivity index (χ4v) is 0.598. The first-order valence-corrected chi connectivity index (χ1v) is 3.19. The van der Waals surface area contributed by atoms with Crippen molar-refractivity contribution in [1.29, 1.82) is 0 Å². The second-order valence-corrected chi connectivity index (χ2v) is 2.14. The number of rotatable bonds is 5. The zero-order valence-electron chi connectivity index (χ0n) is 5.80. The van der Waals surface area contributed by atoms with Gasteiger partial charge in [0.25, 0.3) is 0 Å². The minimum absolute atomic E-state index is 0. The molecule has 0 spiro atoms. The molecule has 0 aliphatic heterocycles. The molecule has 0 fully saturated rings. The van der Waals surface area contributed by atoms with E-state index in [0.717, 1.165) is 0 Å². The monoisotopic (exact) mass is 160 g/mol. The number of nitrogens with two attached hydrogens (primary N) is 2. The molecule has 4 nitrogen and oxygen atoms in total. The Bertz CT molecular complexity index is 126. The fraction of sp³-hybridized carbons (Fsp3) is 0.667. The Labute approximate surface area is 96.2 Å². The average Bonchev–Trinajstić information content (AvgIpc) is 1.79. The summed E-state index contributed by atoms with van der Waals surface area (Å²) in [4.78, 5) is 20.3. The molecule has 4 N–H and O–H groups in total. The quantitative estimate of drug-likeness (QED) is 0.368. The van der Waals surface area contributed by atoms with Crippen molar-refractivity contribution in [2.75, 3.05) is 0 Å². The van der Waals surface area contributed by atoms with Crippen molar-refractivity contribution >= 4 is 49.5 Å². The van der Waals surface area contributed by atoms with Gasteiger partial charge in [-0.15, -0.1) is 0 Å². The van der Waals surface area contributed by atoms with Gasteiger partial charge in [-0.3, -0.25) is 9.59 Å². The van der Waals surface area contributed by atoms with E-state index in [9.17, 15) is 9.59 Å². The summed E-state index contributed by atoms with van der Waals surface area (Å²) in [5.74, 6) is -0.658.